The van der Waals surface area contributed by atoms with E-state index in [4.69, 9.17) is 25.4 Å². The molecule has 8 heterocycles. The molecule has 0 radical (unpaired) electrons. The van der Waals surface area contributed by atoms with Gasteiger partial charge >= 0.3 is 6.01 Å². The number of aromatic nitrogens is 5. The lowest BCUT2D eigenvalue weighted by Gasteiger charge is -2.34. The van der Waals surface area contributed by atoms with E-state index in [1.807, 2.05) is 57.5 Å². The molecule has 20 heteroatoms. The van der Waals surface area contributed by atoms with Crippen LogP contribution >= 0.6 is 11.3 Å². The number of benzene rings is 3. The zero-order chi connectivity index (χ0) is 54.4. The number of halogens is 2. The minimum absolute atomic E-state index is 0.0147. The smallest absolute Gasteiger partial charge is 0.319 e. The third-order valence-electron chi connectivity index (χ3n) is 15.8. The number of rotatable bonds is 16. The molecule has 78 heavy (non-hydrogen) atoms. The molecule has 0 aliphatic carbocycles. The van der Waals surface area contributed by atoms with Crippen molar-refractivity contribution in [1.82, 2.24) is 45.5 Å². The van der Waals surface area contributed by atoms with Crippen LogP contribution in [0.15, 0.2) is 70.8 Å². The standard InChI is InChI=1S/C58H62F2N10O7S/c1-6-42-45(59)14-11-37-21-40(71)22-43(50(37)42)52-51(60)53-44(25-61-52)55(69-26-38-12-13-39(27-69)64-38)66-58(65-53)75-20-19-68-17-15-34(16-18-68)29-76-48-24-47(77-67-48)49(31(2)3)57(74)70-28-41(72)23-46(70)56(73)63-32(4)35-7-9-36(10-8-35)54-33(5)62-30-78-54/h1,7-11,14,21-22,24-25,30-32,34,38-39,41,46,49,64,71-72H,12-13,15-20,23,26-29H2,2-5H3,(H,63,73)/t32-,38?,39?,41+,46-,49-/m0/s1. The Bertz CT molecular complexity index is 3400. The summed E-state index contributed by atoms with van der Waals surface area (Å²) in [4.78, 5) is 53.4. The summed E-state index contributed by atoms with van der Waals surface area (Å²) in [5, 5.41) is 33.4. The number of terminal acetylenes is 1. The first-order chi connectivity index (χ1) is 37.7. The number of amides is 2. The highest BCUT2D eigenvalue weighted by molar-refractivity contribution is 7.13. The van der Waals surface area contributed by atoms with Crippen LogP contribution in [0.4, 0.5) is 14.6 Å². The SMILES string of the molecule is C#Cc1c(F)ccc2cc(O)cc(-c3ncc4c(N5CC6CCC(C5)N6)nc(OCCN5CCC(COc6cc([C@@H](C(=O)N7C[C@H](O)C[C@H]7C(=O)N[C@@H](C)c7ccc(-c8scnc8C)cc7)C(C)C)on6)CC5)nc4c3F)c12. The Morgan fingerprint density at radius 3 is 2.47 bits per heavy atom. The maximum Gasteiger partial charge on any atom is 0.319 e. The van der Waals surface area contributed by atoms with Crippen molar-refractivity contribution in [2.45, 2.75) is 96.0 Å². The number of aliphatic hydroxyl groups excluding tert-OH is 1. The van der Waals surface area contributed by atoms with E-state index < -0.39 is 29.7 Å². The summed E-state index contributed by atoms with van der Waals surface area (Å²) in [6.45, 7) is 11.8. The van der Waals surface area contributed by atoms with Crippen molar-refractivity contribution in [3.05, 3.63) is 101 Å². The lowest BCUT2D eigenvalue weighted by atomic mass is 9.91. The lowest BCUT2D eigenvalue weighted by molar-refractivity contribution is -0.141. The quantitative estimate of drug-likeness (QED) is 0.0679. The second-order valence-electron chi connectivity index (χ2n) is 21.5. The molecule has 2 bridgehead atoms. The van der Waals surface area contributed by atoms with Gasteiger partial charge < -0.3 is 44.6 Å². The molecule has 4 N–H and O–H groups in total. The van der Waals surface area contributed by atoms with Crippen molar-refractivity contribution >= 4 is 50.6 Å². The van der Waals surface area contributed by atoms with Crippen molar-refractivity contribution in [1.29, 1.82) is 0 Å². The summed E-state index contributed by atoms with van der Waals surface area (Å²) in [6, 6.07) is 14.4. The summed E-state index contributed by atoms with van der Waals surface area (Å²) in [7, 11) is 0. The molecule has 0 saturated carbocycles. The number of aryl methyl sites for hydroxylation is 1. The summed E-state index contributed by atoms with van der Waals surface area (Å²) in [5.41, 5.74) is 4.66. The number of carbonyl (C=O) groups is 2. The zero-order valence-corrected chi connectivity index (χ0v) is 44.7. The van der Waals surface area contributed by atoms with Crippen LogP contribution < -0.4 is 25.0 Å². The number of β-amino-alcohol motifs (C(OH)–C–C–N with tert-alkyl or cyclic N) is 1. The molecule has 17 nitrogen and oxygen atoms in total. The third-order valence-corrected chi connectivity index (χ3v) is 16.8. The number of ether oxygens (including phenoxy) is 2. The maximum atomic E-state index is 17.1. The van der Waals surface area contributed by atoms with Gasteiger partial charge in [-0.2, -0.15) is 9.97 Å². The normalized spacial score (nSPS) is 20.6. The van der Waals surface area contributed by atoms with Crippen LogP contribution in [0.5, 0.6) is 17.6 Å². The van der Waals surface area contributed by atoms with Gasteiger partial charge in [-0.1, -0.05) is 50.1 Å². The fraction of sp³-hybridized carbons (Fsp3) is 0.431. The van der Waals surface area contributed by atoms with Crippen molar-refractivity contribution in [3.8, 4) is 51.7 Å². The van der Waals surface area contributed by atoms with Gasteiger partial charge in [0.25, 0.3) is 5.88 Å². The van der Waals surface area contributed by atoms with Crippen LogP contribution in [0.25, 0.3) is 43.4 Å². The van der Waals surface area contributed by atoms with E-state index in [-0.39, 0.29) is 107 Å². The largest absolute Gasteiger partial charge is 0.508 e. The molecular formula is C58H62F2N10O7S. The highest BCUT2D eigenvalue weighted by Crippen LogP contribution is 2.40. The summed E-state index contributed by atoms with van der Waals surface area (Å²) in [5.74, 6) is 0.493. The van der Waals surface area contributed by atoms with E-state index in [2.05, 4.69) is 46.5 Å². The third kappa shape index (κ3) is 10.7. The molecule has 4 aliphatic rings. The van der Waals surface area contributed by atoms with Gasteiger partial charge in [0.15, 0.2) is 11.6 Å². The predicted octanol–water partition coefficient (Wildman–Crippen LogP) is 7.92. The number of fused-ring (bicyclic) bond motifs is 4. The van der Waals surface area contributed by atoms with E-state index in [0.717, 1.165) is 60.5 Å². The Labute approximate surface area is 454 Å². The number of phenolic OH excluding ortho intramolecular Hbond substituents is 1. The molecular weight excluding hydrogens is 1020 g/mol. The van der Waals surface area contributed by atoms with Gasteiger partial charge in [0.1, 0.15) is 47.2 Å². The highest BCUT2D eigenvalue weighted by Gasteiger charge is 2.44. The molecule has 7 aromatic rings. The van der Waals surface area contributed by atoms with Gasteiger partial charge in [0.2, 0.25) is 11.8 Å². The first kappa shape index (κ1) is 52.7. The average molecular weight is 1080 g/mol. The first-order valence-corrected chi connectivity index (χ1v) is 27.6. The van der Waals surface area contributed by atoms with E-state index in [0.29, 0.717) is 48.6 Å². The monoisotopic (exact) mass is 1080 g/mol. The Morgan fingerprint density at radius 2 is 1.76 bits per heavy atom. The summed E-state index contributed by atoms with van der Waals surface area (Å²) in [6.07, 6.45) is 10.3. The average Bonchev–Trinajstić information content (AvgIpc) is 4.37. The maximum absolute atomic E-state index is 17.1. The molecule has 11 rings (SSSR count). The molecule has 4 aromatic heterocycles. The van der Waals surface area contributed by atoms with Crippen molar-refractivity contribution in [2.75, 3.05) is 57.4 Å². The number of hydrogen-bond donors (Lipinski definition) is 4. The van der Waals surface area contributed by atoms with Crippen molar-refractivity contribution < 1.29 is 42.6 Å². The lowest BCUT2D eigenvalue weighted by Crippen LogP contribution is -2.51. The fourth-order valence-electron chi connectivity index (χ4n) is 11.7. The number of hydrogen-bond acceptors (Lipinski definition) is 16. The Kier molecular flexibility index (Phi) is 15.0. The van der Waals surface area contributed by atoms with Gasteiger partial charge in [-0.05, 0) is 104 Å². The minimum atomic E-state index is -0.863. The van der Waals surface area contributed by atoms with Crippen LogP contribution in [0.1, 0.15) is 87.4 Å². The number of piperazine rings is 1. The van der Waals surface area contributed by atoms with Crippen LogP contribution in [-0.4, -0.2) is 134 Å². The summed E-state index contributed by atoms with van der Waals surface area (Å²) < 4.78 is 50.2. The van der Waals surface area contributed by atoms with Crippen LogP contribution in [0.3, 0.4) is 0 Å². The van der Waals surface area contributed by atoms with E-state index >= 15 is 8.78 Å². The van der Waals surface area contributed by atoms with E-state index in [1.165, 1.54) is 35.4 Å². The number of nitrogens with zero attached hydrogens (tertiary/aromatic N) is 8. The second kappa shape index (κ2) is 22.2. The van der Waals surface area contributed by atoms with Crippen molar-refractivity contribution in [2.24, 2.45) is 11.8 Å². The van der Waals surface area contributed by atoms with Gasteiger partial charge in [0, 0.05) is 67.9 Å². The van der Waals surface area contributed by atoms with Crippen LogP contribution in [-0.2, 0) is 9.59 Å². The van der Waals surface area contributed by atoms with Crippen molar-refractivity contribution in [3.63, 3.8) is 0 Å². The number of phenols is 1. The predicted molar refractivity (Wildman–Crippen MR) is 291 cm³/mol. The Morgan fingerprint density at radius 1 is 0.987 bits per heavy atom. The van der Waals surface area contributed by atoms with E-state index in [1.54, 1.807) is 17.4 Å². The minimum Gasteiger partial charge on any atom is -0.508 e. The molecule has 6 atom stereocenters. The molecule has 2 amide bonds. The number of carbonyl (C=O) groups excluding carboxylic acids is 2. The Hall–Kier alpha value is -7.31. The van der Waals surface area contributed by atoms with Crippen LogP contribution in [0, 0.1) is 42.7 Å². The molecule has 4 fully saturated rings. The zero-order valence-electron chi connectivity index (χ0n) is 43.9. The van der Waals surface area contributed by atoms with Crippen LogP contribution in [0.2, 0.25) is 0 Å². The molecule has 4 saturated heterocycles. The number of nitrogens with one attached hydrogen (secondary N) is 2. The number of piperidine rings is 1. The highest BCUT2D eigenvalue weighted by atomic mass is 32.1. The molecule has 0 spiro atoms. The van der Waals surface area contributed by atoms with E-state index in [9.17, 15) is 19.8 Å². The molecule has 406 valence electrons. The van der Waals surface area contributed by atoms with Gasteiger partial charge in [-0.15, -0.1) is 17.8 Å². The number of thiazole rings is 1. The molecule has 4 aliphatic heterocycles. The van der Waals surface area contributed by atoms with Gasteiger partial charge in [-0.3, -0.25) is 19.5 Å². The second-order valence-corrected chi connectivity index (χ2v) is 22.3. The number of likely N-dealkylation sites (tertiary alicyclic amines) is 2. The van der Waals surface area contributed by atoms with Gasteiger partial charge in [-0.25, -0.2) is 13.8 Å². The molecule has 3 aromatic carbocycles. The Balaban J connectivity index is 0.705. The van der Waals surface area contributed by atoms with Gasteiger partial charge in [0.05, 0.1) is 45.8 Å². The number of aromatic hydroxyl groups is 1. The number of anilines is 1. The topological polar surface area (TPSA) is 204 Å². The molecule has 2 unspecified atom stereocenters. The number of aliphatic hydroxyl groups is 1. The summed E-state index contributed by atoms with van der Waals surface area (Å²) >= 11 is 1.58. The number of pyridine rings is 1. The fourth-order valence-corrected chi connectivity index (χ4v) is 12.5. The first-order valence-electron chi connectivity index (χ1n) is 26.7.